The number of amides is 1. The van der Waals surface area contributed by atoms with Crippen molar-refractivity contribution in [2.75, 3.05) is 13.1 Å². The maximum absolute atomic E-state index is 12.3. The van der Waals surface area contributed by atoms with Gasteiger partial charge in [-0.25, -0.2) is 0 Å². The van der Waals surface area contributed by atoms with Gasteiger partial charge in [0.25, 0.3) is 5.91 Å². The largest absolute Gasteiger partial charge is 0.386 e. The highest BCUT2D eigenvalue weighted by molar-refractivity contribution is 9.10. The van der Waals surface area contributed by atoms with Crippen LogP contribution in [-0.2, 0) is 6.54 Å². The van der Waals surface area contributed by atoms with Gasteiger partial charge < -0.3 is 14.6 Å². The standard InChI is InChI=1S/C13H19BrN2O2/c1-4-15-6-10(14)5-11(15)12(17)16-7-13(18,8-16)9(2)3/h5-6,9,18H,4,7-8H2,1-3H3. The summed E-state index contributed by atoms with van der Waals surface area (Å²) in [5, 5.41) is 10.2. The van der Waals surface area contributed by atoms with E-state index < -0.39 is 5.60 Å². The molecule has 1 aliphatic rings. The molecule has 0 atom stereocenters. The molecule has 18 heavy (non-hydrogen) atoms. The van der Waals surface area contributed by atoms with Gasteiger partial charge in [0.1, 0.15) is 11.3 Å². The molecule has 5 heteroatoms. The highest BCUT2D eigenvalue weighted by Gasteiger charge is 2.46. The number of hydrogen-bond donors (Lipinski definition) is 1. The number of carbonyl (C=O) groups excluding carboxylic acids is 1. The van der Waals surface area contributed by atoms with Crippen LogP contribution in [0.15, 0.2) is 16.7 Å². The van der Waals surface area contributed by atoms with Crippen molar-refractivity contribution >= 4 is 21.8 Å². The molecular weight excluding hydrogens is 296 g/mol. The molecule has 1 N–H and O–H groups in total. The summed E-state index contributed by atoms with van der Waals surface area (Å²) in [5.41, 5.74) is -0.0357. The van der Waals surface area contributed by atoms with Crippen molar-refractivity contribution in [3.05, 3.63) is 22.4 Å². The number of likely N-dealkylation sites (tertiary alicyclic amines) is 1. The van der Waals surface area contributed by atoms with Gasteiger partial charge in [-0.05, 0) is 34.8 Å². The van der Waals surface area contributed by atoms with Crippen molar-refractivity contribution in [1.29, 1.82) is 0 Å². The molecule has 0 unspecified atom stereocenters. The van der Waals surface area contributed by atoms with Crippen LogP contribution in [0.5, 0.6) is 0 Å². The minimum atomic E-state index is -0.712. The summed E-state index contributed by atoms with van der Waals surface area (Å²) >= 11 is 3.39. The van der Waals surface area contributed by atoms with Crippen LogP contribution in [0.4, 0.5) is 0 Å². The van der Waals surface area contributed by atoms with Crippen molar-refractivity contribution in [3.8, 4) is 0 Å². The highest BCUT2D eigenvalue weighted by Crippen LogP contribution is 2.30. The minimum Gasteiger partial charge on any atom is -0.386 e. The van der Waals surface area contributed by atoms with E-state index in [4.69, 9.17) is 0 Å². The zero-order valence-electron chi connectivity index (χ0n) is 11.0. The summed E-state index contributed by atoms with van der Waals surface area (Å²) in [6.45, 7) is 7.57. The van der Waals surface area contributed by atoms with Crippen molar-refractivity contribution < 1.29 is 9.90 Å². The van der Waals surface area contributed by atoms with Crippen LogP contribution in [0, 0.1) is 5.92 Å². The van der Waals surface area contributed by atoms with E-state index in [1.54, 1.807) is 4.90 Å². The van der Waals surface area contributed by atoms with Crippen LogP contribution in [0.3, 0.4) is 0 Å². The van der Waals surface area contributed by atoms with E-state index in [9.17, 15) is 9.90 Å². The van der Waals surface area contributed by atoms with Crippen LogP contribution < -0.4 is 0 Å². The Labute approximate surface area is 116 Å². The summed E-state index contributed by atoms with van der Waals surface area (Å²) in [6.07, 6.45) is 1.90. The molecule has 0 bridgehead atoms. The van der Waals surface area contributed by atoms with Gasteiger partial charge >= 0.3 is 0 Å². The normalized spacial score (nSPS) is 18.0. The maximum Gasteiger partial charge on any atom is 0.270 e. The number of nitrogens with zero attached hydrogens (tertiary/aromatic N) is 2. The van der Waals surface area contributed by atoms with E-state index in [1.807, 2.05) is 37.6 Å². The third-order valence-electron chi connectivity index (χ3n) is 3.71. The number of aryl methyl sites for hydroxylation is 1. The van der Waals surface area contributed by atoms with E-state index in [1.165, 1.54) is 0 Å². The number of carbonyl (C=O) groups is 1. The van der Waals surface area contributed by atoms with Crippen LogP contribution in [0.25, 0.3) is 0 Å². The minimum absolute atomic E-state index is 0.00660. The molecule has 0 saturated carbocycles. The van der Waals surface area contributed by atoms with E-state index in [0.29, 0.717) is 18.8 Å². The van der Waals surface area contributed by atoms with Crippen LogP contribution >= 0.6 is 15.9 Å². The number of β-amino-alcohol motifs (C(OH)–C–C–N with tert-alkyl or cyclic N) is 1. The molecule has 0 spiro atoms. The molecule has 1 aromatic rings. The van der Waals surface area contributed by atoms with Gasteiger partial charge in [-0.1, -0.05) is 13.8 Å². The van der Waals surface area contributed by atoms with Gasteiger partial charge in [0.2, 0.25) is 0 Å². The number of aliphatic hydroxyl groups is 1. The number of halogens is 1. The van der Waals surface area contributed by atoms with Crippen molar-refractivity contribution in [2.45, 2.75) is 32.9 Å². The Hall–Kier alpha value is -0.810. The molecule has 1 saturated heterocycles. The van der Waals surface area contributed by atoms with Gasteiger partial charge in [0.05, 0.1) is 13.1 Å². The zero-order valence-corrected chi connectivity index (χ0v) is 12.6. The van der Waals surface area contributed by atoms with Gasteiger partial charge in [0, 0.05) is 17.2 Å². The van der Waals surface area contributed by atoms with E-state index in [0.717, 1.165) is 11.0 Å². The summed E-state index contributed by atoms with van der Waals surface area (Å²) in [4.78, 5) is 14.0. The first-order valence-corrected chi connectivity index (χ1v) is 7.04. The lowest BCUT2D eigenvalue weighted by Gasteiger charge is -2.49. The van der Waals surface area contributed by atoms with E-state index in [2.05, 4.69) is 15.9 Å². The summed E-state index contributed by atoms with van der Waals surface area (Å²) < 4.78 is 2.83. The Morgan fingerprint density at radius 1 is 1.56 bits per heavy atom. The first-order valence-electron chi connectivity index (χ1n) is 6.24. The SMILES string of the molecule is CCn1cc(Br)cc1C(=O)N1CC(O)(C(C)C)C1. The summed E-state index contributed by atoms with van der Waals surface area (Å²) in [7, 11) is 0. The van der Waals surface area contributed by atoms with Crippen LogP contribution in [0.1, 0.15) is 31.3 Å². The Morgan fingerprint density at radius 3 is 2.67 bits per heavy atom. The molecule has 1 aromatic heterocycles. The quantitative estimate of drug-likeness (QED) is 0.928. The molecule has 0 radical (unpaired) electrons. The van der Waals surface area contributed by atoms with Gasteiger partial charge in [0.15, 0.2) is 0 Å². The highest BCUT2D eigenvalue weighted by atomic mass is 79.9. The second kappa shape index (κ2) is 4.70. The Morgan fingerprint density at radius 2 is 2.17 bits per heavy atom. The topological polar surface area (TPSA) is 45.5 Å². The Bertz CT molecular complexity index is 462. The summed E-state index contributed by atoms with van der Waals surface area (Å²) in [5.74, 6) is 0.166. The second-order valence-corrected chi connectivity index (χ2v) is 6.16. The summed E-state index contributed by atoms with van der Waals surface area (Å²) in [6, 6.07) is 1.83. The van der Waals surface area contributed by atoms with Crippen molar-refractivity contribution in [3.63, 3.8) is 0 Å². The first kappa shape index (κ1) is 13.6. The predicted octanol–water partition coefficient (Wildman–Crippen LogP) is 2.11. The fraction of sp³-hybridized carbons (Fsp3) is 0.615. The third-order valence-corrected chi connectivity index (χ3v) is 4.15. The van der Waals surface area contributed by atoms with Gasteiger partial charge in [-0.15, -0.1) is 0 Å². The fourth-order valence-corrected chi connectivity index (χ4v) is 2.66. The number of hydrogen-bond acceptors (Lipinski definition) is 2. The number of aromatic nitrogens is 1. The monoisotopic (exact) mass is 314 g/mol. The molecule has 4 nitrogen and oxygen atoms in total. The molecule has 1 aliphatic heterocycles. The molecular formula is C13H19BrN2O2. The first-order chi connectivity index (χ1) is 8.37. The lowest BCUT2D eigenvalue weighted by atomic mass is 9.83. The zero-order chi connectivity index (χ0) is 13.5. The van der Waals surface area contributed by atoms with E-state index >= 15 is 0 Å². The smallest absolute Gasteiger partial charge is 0.270 e. The van der Waals surface area contributed by atoms with Crippen molar-refractivity contribution in [2.24, 2.45) is 5.92 Å². The average Bonchev–Trinajstić information content (AvgIpc) is 2.65. The van der Waals surface area contributed by atoms with Gasteiger partial charge in [-0.2, -0.15) is 0 Å². The Kier molecular flexibility index (Phi) is 3.56. The molecule has 1 amide bonds. The van der Waals surface area contributed by atoms with Gasteiger partial charge in [-0.3, -0.25) is 4.79 Å². The molecule has 2 rings (SSSR count). The molecule has 0 aliphatic carbocycles. The molecule has 1 fully saturated rings. The van der Waals surface area contributed by atoms with Crippen LogP contribution in [0.2, 0.25) is 0 Å². The molecule has 0 aromatic carbocycles. The predicted molar refractivity (Wildman–Crippen MR) is 73.5 cm³/mol. The maximum atomic E-state index is 12.3. The lowest BCUT2D eigenvalue weighted by Crippen LogP contribution is -2.66. The third kappa shape index (κ3) is 2.21. The fourth-order valence-electron chi connectivity index (χ4n) is 2.20. The molecule has 100 valence electrons. The van der Waals surface area contributed by atoms with E-state index in [-0.39, 0.29) is 11.8 Å². The van der Waals surface area contributed by atoms with Crippen LogP contribution in [-0.4, -0.2) is 39.2 Å². The molecule has 2 heterocycles. The lowest BCUT2D eigenvalue weighted by molar-refractivity contribution is -0.111. The number of rotatable bonds is 3. The second-order valence-electron chi connectivity index (χ2n) is 5.25. The average molecular weight is 315 g/mol. The van der Waals surface area contributed by atoms with Crippen molar-refractivity contribution in [1.82, 2.24) is 9.47 Å². The Balaban J connectivity index is 2.10.